The molecule has 0 fully saturated rings. The molecule has 11 heteroatoms. The fraction of sp³-hybridized carbons (Fsp3) is 0.350. The van der Waals surface area contributed by atoms with Gasteiger partial charge in [0.15, 0.2) is 0 Å². The highest BCUT2D eigenvalue weighted by molar-refractivity contribution is 8.00. The van der Waals surface area contributed by atoms with E-state index in [-0.39, 0.29) is 22.2 Å². The van der Waals surface area contributed by atoms with E-state index in [2.05, 4.69) is 5.32 Å². The molecule has 9 nitrogen and oxygen atoms in total. The molecular formula is C20H26N4O5S2. The zero-order chi connectivity index (χ0) is 23.2. The van der Waals surface area contributed by atoms with E-state index in [1.807, 2.05) is 0 Å². The van der Waals surface area contributed by atoms with Crippen molar-refractivity contribution in [2.45, 2.75) is 23.6 Å². The summed E-state index contributed by atoms with van der Waals surface area (Å²) in [5, 5.41) is 13.5. The predicted octanol–water partition coefficient (Wildman–Crippen LogP) is 3.42. The Labute approximate surface area is 186 Å². The molecule has 1 N–H and O–H groups in total. The highest BCUT2D eigenvalue weighted by atomic mass is 32.2. The minimum atomic E-state index is -3.67. The van der Waals surface area contributed by atoms with Gasteiger partial charge in [-0.15, -0.1) is 11.8 Å². The van der Waals surface area contributed by atoms with Gasteiger partial charge >= 0.3 is 0 Å². The Morgan fingerprint density at radius 3 is 2.23 bits per heavy atom. The van der Waals surface area contributed by atoms with Gasteiger partial charge < -0.3 is 10.2 Å². The van der Waals surface area contributed by atoms with Gasteiger partial charge in [0.05, 0.1) is 26.9 Å². The van der Waals surface area contributed by atoms with Crippen molar-refractivity contribution < 1.29 is 18.1 Å². The average Bonchev–Trinajstić information content (AvgIpc) is 2.73. The van der Waals surface area contributed by atoms with Crippen molar-refractivity contribution in [2.24, 2.45) is 0 Å². The van der Waals surface area contributed by atoms with Crippen molar-refractivity contribution in [3.05, 3.63) is 52.6 Å². The summed E-state index contributed by atoms with van der Waals surface area (Å²) in [4.78, 5) is 25.4. The fourth-order valence-electron chi connectivity index (χ4n) is 2.88. The van der Waals surface area contributed by atoms with Crippen LogP contribution in [0.15, 0.2) is 52.3 Å². The number of nitrogens with one attached hydrogen (secondary N) is 1. The summed E-state index contributed by atoms with van der Waals surface area (Å²) in [6.45, 7) is 4.24. The molecule has 1 amide bonds. The smallest absolute Gasteiger partial charge is 0.269 e. The molecule has 168 valence electrons. The van der Waals surface area contributed by atoms with E-state index >= 15 is 0 Å². The molecule has 0 saturated carbocycles. The van der Waals surface area contributed by atoms with Crippen molar-refractivity contribution in [1.82, 2.24) is 4.31 Å². The number of carbonyl (C=O) groups is 1. The number of rotatable bonds is 10. The Bertz CT molecular complexity index is 1040. The van der Waals surface area contributed by atoms with Crippen molar-refractivity contribution in [3.63, 3.8) is 0 Å². The molecule has 0 aliphatic carbocycles. The van der Waals surface area contributed by atoms with Crippen molar-refractivity contribution in [3.8, 4) is 0 Å². The molecule has 2 aromatic carbocycles. The summed E-state index contributed by atoms with van der Waals surface area (Å²) in [6, 6.07) is 10.6. The van der Waals surface area contributed by atoms with Crippen LogP contribution in [0.3, 0.4) is 0 Å². The lowest BCUT2D eigenvalue weighted by Crippen LogP contribution is -2.30. The molecule has 0 unspecified atom stereocenters. The van der Waals surface area contributed by atoms with Gasteiger partial charge in [-0.25, -0.2) is 8.42 Å². The second-order valence-electron chi connectivity index (χ2n) is 6.75. The largest absolute Gasteiger partial charge is 0.376 e. The van der Waals surface area contributed by atoms with Crippen molar-refractivity contribution in [2.75, 3.05) is 43.2 Å². The number of non-ortho nitro benzene ring substituents is 1. The minimum absolute atomic E-state index is 0.0179. The third-order valence-electron chi connectivity index (χ3n) is 4.48. The quantitative estimate of drug-likeness (QED) is 0.324. The van der Waals surface area contributed by atoms with E-state index in [1.165, 1.54) is 40.3 Å². The Morgan fingerprint density at radius 2 is 1.71 bits per heavy atom. The van der Waals surface area contributed by atoms with Gasteiger partial charge in [0.1, 0.15) is 0 Å². The van der Waals surface area contributed by atoms with Crippen LogP contribution in [0.25, 0.3) is 0 Å². The van der Waals surface area contributed by atoms with Crippen LogP contribution in [-0.4, -0.2) is 56.5 Å². The van der Waals surface area contributed by atoms with E-state index in [9.17, 15) is 23.3 Å². The first kappa shape index (κ1) is 24.6. The lowest BCUT2D eigenvalue weighted by molar-refractivity contribution is -0.384. The standard InChI is InChI=1S/C20H26N4O5S2/c1-5-23(6-2)31(28,29)17-11-12-19(22(3)4)18(13-17)21-20(25)14-30-16-9-7-15(8-10-16)24(26)27/h7-13H,5-6,14H2,1-4H3,(H,21,25). The predicted molar refractivity (Wildman–Crippen MR) is 123 cm³/mol. The molecule has 0 aliphatic rings. The summed E-state index contributed by atoms with van der Waals surface area (Å²) in [6.07, 6.45) is 0. The molecule has 31 heavy (non-hydrogen) atoms. The number of thioether (sulfide) groups is 1. The molecule has 0 radical (unpaired) electrons. The monoisotopic (exact) mass is 466 g/mol. The van der Waals surface area contributed by atoms with E-state index < -0.39 is 14.9 Å². The van der Waals surface area contributed by atoms with E-state index in [0.717, 1.165) is 0 Å². The van der Waals surface area contributed by atoms with Gasteiger partial charge in [-0.2, -0.15) is 4.31 Å². The van der Waals surface area contributed by atoms with Crippen molar-refractivity contribution >= 4 is 44.8 Å². The Morgan fingerprint density at radius 1 is 1.10 bits per heavy atom. The number of nitro groups is 1. The number of nitrogens with zero attached hydrogens (tertiary/aromatic N) is 3. The number of amides is 1. The number of anilines is 2. The summed E-state index contributed by atoms with van der Waals surface area (Å²) < 4.78 is 27.0. The molecule has 0 bridgehead atoms. The maximum Gasteiger partial charge on any atom is 0.269 e. The van der Waals surface area contributed by atoms with Gasteiger partial charge in [0.2, 0.25) is 15.9 Å². The zero-order valence-corrected chi connectivity index (χ0v) is 19.5. The molecule has 2 rings (SSSR count). The molecule has 0 atom stereocenters. The highest BCUT2D eigenvalue weighted by Gasteiger charge is 2.23. The van der Waals surface area contributed by atoms with Gasteiger partial charge in [-0.3, -0.25) is 14.9 Å². The lowest BCUT2D eigenvalue weighted by atomic mass is 10.2. The second kappa shape index (κ2) is 10.6. The number of sulfonamides is 1. The molecule has 0 heterocycles. The maximum atomic E-state index is 12.8. The van der Waals surface area contributed by atoms with Crippen LogP contribution in [0, 0.1) is 10.1 Å². The maximum absolute atomic E-state index is 12.8. The van der Waals surface area contributed by atoms with Gasteiger partial charge in [-0.1, -0.05) is 13.8 Å². The molecule has 0 saturated heterocycles. The summed E-state index contributed by atoms with van der Waals surface area (Å²) in [5.74, 6) is -0.249. The SMILES string of the molecule is CCN(CC)S(=O)(=O)c1ccc(N(C)C)c(NC(=O)CSc2ccc([N+](=O)[O-])cc2)c1. The summed E-state index contributed by atoms with van der Waals surface area (Å²) in [5.41, 5.74) is 1.05. The average molecular weight is 467 g/mol. The first-order chi connectivity index (χ1) is 14.6. The van der Waals surface area contributed by atoms with Crippen molar-refractivity contribution in [1.29, 1.82) is 0 Å². The molecule has 0 spiro atoms. The lowest BCUT2D eigenvalue weighted by Gasteiger charge is -2.22. The number of hydrogen-bond donors (Lipinski definition) is 1. The fourth-order valence-corrected chi connectivity index (χ4v) is 5.06. The van der Waals surface area contributed by atoms with Crippen LogP contribution in [0.1, 0.15) is 13.8 Å². The Hall–Kier alpha value is -2.63. The molecule has 2 aromatic rings. The van der Waals surface area contributed by atoms with Gasteiger partial charge in [0.25, 0.3) is 5.69 Å². The topological polar surface area (TPSA) is 113 Å². The highest BCUT2D eigenvalue weighted by Crippen LogP contribution is 2.30. The van der Waals surface area contributed by atoms with E-state index in [1.54, 1.807) is 51.0 Å². The van der Waals surface area contributed by atoms with Crippen LogP contribution in [0.5, 0.6) is 0 Å². The van der Waals surface area contributed by atoms with Crippen LogP contribution in [0.4, 0.5) is 17.1 Å². The minimum Gasteiger partial charge on any atom is -0.376 e. The number of benzene rings is 2. The van der Waals surface area contributed by atoms with Gasteiger partial charge in [0, 0.05) is 44.2 Å². The second-order valence-corrected chi connectivity index (χ2v) is 9.74. The van der Waals surface area contributed by atoms with Gasteiger partial charge in [-0.05, 0) is 30.3 Å². The summed E-state index contributed by atoms with van der Waals surface area (Å²) >= 11 is 1.23. The first-order valence-electron chi connectivity index (χ1n) is 9.58. The van der Waals surface area contributed by atoms with Crippen LogP contribution in [-0.2, 0) is 14.8 Å². The first-order valence-corrected chi connectivity index (χ1v) is 12.0. The van der Waals surface area contributed by atoms with Crippen LogP contribution in [0.2, 0.25) is 0 Å². The normalized spacial score (nSPS) is 11.4. The van der Waals surface area contributed by atoms with Crippen LogP contribution < -0.4 is 10.2 Å². The number of nitro benzene ring substituents is 1. The Balaban J connectivity index is 2.19. The number of carbonyl (C=O) groups excluding carboxylic acids is 1. The third-order valence-corrected chi connectivity index (χ3v) is 7.54. The molecular weight excluding hydrogens is 440 g/mol. The molecule has 0 aromatic heterocycles. The van der Waals surface area contributed by atoms with E-state index in [4.69, 9.17) is 0 Å². The molecule has 0 aliphatic heterocycles. The summed E-state index contributed by atoms with van der Waals surface area (Å²) in [7, 11) is -0.0635. The number of hydrogen-bond acceptors (Lipinski definition) is 7. The zero-order valence-electron chi connectivity index (χ0n) is 17.9. The van der Waals surface area contributed by atoms with Crippen LogP contribution >= 0.6 is 11.8 Å². The van der Waals surface area contributed by atoms with E-state index in [0.29, 0.717) is 29.4 Å². The third kappa shape index (κ3) is 6.18. The Kier molecular flexibility index (Phi) is 8.43.